The van der Waals surface area contributed by atoms with E-state index in [-0.39, 0.29) is 0 Å². The molecule has 0 bridgehead atoms. The Morgan fingerprint density at radius 2 is 1.70 bits per heavy atom. The molecular weight excluding hydrogens is 286 g/mol. The molecule has 0 aliphatic rings. The van der Waals surface area contributed by atoms with E-state index in [1.54, 1.807) is 7.11 Å². The molecule has 0 aliphatic heterocycles. The number of methoxy groups -OCH3 is 1. The predicted octanol–water partition coefficient (Wildman–Crippen LogP) is 4.86. The minimum absolute atomic E-state index is 0.613. The lowest BCUT2D eigenvalue weighted by Gasteiger charge is -2.15. The van der Waals surface area contributed by atoms with Crippen molar-refractivity contribution in [3.63, 3.8) is 0 Å². The summed E-state index contributed by atoms with van der Waals surface area (Å²) in [7, 11) is 1.67. The molecule has 0 aromatic heterocycles. The number of benzene rings is 3. The fraction of sp³-hybridized carbons (Fsp3) is 0.200. The van der Waals surface area contributed by atoms with Gasteiger partial charge in [0.25, 0.3) is 0 Å². The number of hydrogen-bond acceptors (Lipinski definition) is 3. The van der Waals surface area contributed by atoms with E-state index in [0.717, 1.165) is 22.7 Å². The molecule has 0 fully saturated rings. The van der Waals surface area contributed by atoms with Crippen molar-refractivity contribution in [3.05, 3.63) is 66.2 Å². The molecule has 0 spiro atoms. The Morgan fingerprint density at radius 1 is 0.913 bits per heavy atom. The fourth-order valence-electron chi connectivity index (χ4n) is 2.74. The Hall–Kier alpha value is -2.68. The monoisotopic (exact) mass is 307 g/mol. The highest BCUT2D eigenvalue weighted by Gasteiger charge is 2.10. The summed E-state index contributed by atoms with van der Waals surface area (Å²) in [5, 5.41) is 5.97. The zero-order valence-electron chi connectivity index (χ0n) is 13.5. The predicted molar refractivity (Wildman–Crippen MR) is 95.4 cm³/mol. The molecule has 0 radical (unpaired) electrons. The van der Waals surface area contributed by atoms with E-state index in [1.165, 1.54) is 10.8 Å². The summed E-state index contributed by atoms with van der Waals surface area (Å²) in [6.45, 7) is 3.27. The quantitative estimate of drug-likeness (QED) is 0.705. The van der Waals surface area contributed by atoms with Crippen LogP contribution in [0.3, 0.4) is 0 Å². The summed E-state index contributed by atoms with van der Waals surface area (Å²) < 4.78 is 11.2. The number of nitrogens with one attached hydrogen (secondary N) is 1. The Kier molecular flexibility index (Phi) is 4.67. The van der Waals surface area contributed by atoms with Crippen LogP contribution in [0.15, 0.2) is 60.7 Å². The molecule has 3 heteroatoms. The van der Waals surface area contributed by atoms with Crippen molar-refractivity contribution in [3.8, 4) is 11.5 Å². The van der Waals surface area contributed by atoms with Crippen LogP contribution in [0.1, 0.15) is 12.5 Å². The Morgan fingerprint density at radius 3 is 2.52 bits per heavy atom. The van der Waals surface area contributed by atoms with E-state index in [4.69, 9.17) is 9.47 Å². The summed E-state index contributed by atoms with van der Waals surface area (Å²) in [6.07, 6.45) is 0. The fourth-order valence-corrected chi connectivity index (χ4v) is 2.74. The smallest absolute Gasteiger partial charge is 0.166 e. The molecule has 0 amide bonds. The first-order valence-corrected chi connectivity index (χ1v) is 7.83. The lowest BCUT2D eigenvalue weighted by Crippen LogP contribution is -2.05. The van der Waals surface area contributed by atoms with Crippen molar-refractivity contribution in [2.45, 2.75) is 13.5 Å². The summed E-state index contributed by atoms with van der Waals surface area (Å²) in [6, 6.07) is 20.6. The zero-order chi connectivity index (χ0) is 16.1. The maximum absolute atomic E-state index is 5.77. The van der Waals surface area contributed by atoms with Gasteiger partial charge in [0.15, 0.2) is 11.5 Å². The van der Waals surface area contributed by atoms with Gasteiger partial charge in [-0.05, 0) is 24.4 Å². The van der Waals surface area contributed by atoms with Crippen molar-refractivity contribution in [1.82, 2.24) is 0 Å². The molecule has 0 aliphatic carbocycles. The Labute approximate surface area is 136 Å². The normalized spacial score (nSPS) is 10.5. The van der Waals surface area contributed by atoms with Gasteiger partial charge in [0, 0.05) is 23.2 Å². The zero-order valence-corrected chi connectivity index (χ0v) is 13.5. The SMILES string of the molecule is CCOc1c(CNc2cccc3ccccc23)cccc1OC. The average Bonchev–Trinajstić information content (AvgIpc) is 2.61. The minimum Gasteiger partial charge on any atom is -0.493 e. The molecule has 0 saturated heterocycles. The van der Waals surface area contributed by atoms with Crippen molar-refractivity contribution in [2.24, 2.45) is 0 Å². The first-order chi connectivity index (χ1) is 11.3. The van der Waals surface area contributed by atoms with Crippen LogP contribution in [-0.4, -0.2) is 13.7 Å². The third kappa shape index (κ3) is 3.24. The van der Waals surface area contributed by atoms with E-state index in [9.17, 15) is 0 Å². The van der Waals surface area contributed by atoms with Crippen LogP contribution in [0.2, 0.25) is 0 Å². The largest absolute Gasteiger partial charge is 0.493 e. The van der Waals surface area contributed by atoms with E-state index < -0.39 is 0 Å². The van der Waals surface area contributed by atoms with Crippen molar-refractivity contribution in [1.29, 1.82) is 0 Å². The van der Waals surface area contributed by atoms with Crippen LogP contribution < -0.4 is 14.8 Å². The molecule has 3 nitrogen and oxygen atoms in total. The first-order valence-electron chi connectivity index (χ1n) is 7.83. The second-order valence-electron chi connectivity index (χ2n) is 5.26. The topological polar surface area (TPSA) is 30.5 Å². The van der Waals surface area contributed by atoms with Gasteiger partial charge < -0.3 is 14.8 Å². The number of fused-ring (bicyclic) bond motifs is 1. The molecule has 0 unspecified atom stereocenters. The molecular formula is C20H21NO2. The lowest BCUT2D eigenvalue weighted by molar-refractivity contribution is 0.308. The number of ether oxygens (including phenoxy) is 2. The standard InChI is InChI=1S/C20H21NO2/c1-3-23-20-16(10-7-13-19(20)22-2)14-21-18-12-6-9-15-8-4-5-11-17(15)18/h4-13,21H,3,14H2,1-2H3. The second kappa shape index (κ2) is 7.05. The van der Waals surface area contributed by atoms with Crippen LogP contribution in [-0.2, 0) is 6.54 Å². The van der Waals surface area contributed by atoms with Crippen LogP contribution in [0.25, 0.3) is 10.8 Å². The maximum atomic E-state index is 5.77. The van der Waals surface area contributed by atoms with Gasteiger partial charge in [-0.3, -0.25) is 0 Å². The molecule has 0 heterocycles. The maximum Gasteiger partial charge on any atom is 0.166 e. The van der Waals surface area contributed by atoms with Crippen molar-refractivity contribution in [2.75, 3.05) is 19.0 Å². The summed E-state index contributed by atoms with van der Waals surface area (Å²) >= 11 is 0. The highest BCUT2D eigenvalue weighted by atomic mass is 16.5. The number of para-hydroxylation sites is 1. The minimum atomic E-state index is 0.613. The van der Waals surface area contributed by atoms with Gasteiger partial charge in [-0.1, -0.05) is 48.5 Å². The lowest BCUT2D eigenvalue weighted by atomic mass is 10.1. The summed E-state index contributed by atoms with van der Waals surface area (Å²) in [5.41, 5.74) is 2.20. The van der Waals surface area contributed by atoms with E-state index >= 15 is 0 Å². The van der Waals surface area contributed by atoms with Crippen molar-refractivity contribution >= 4 is 16.5 Å². The van der Waals surface area contributed by atoms with Crippen molar-refractivity contribution < 1.29 is 9.47 Å². The van der Waals surface area contributed by atoms with E-state index in [2.05, 4.69) is 53.8 Å². The molecule has 23 heavy (non-hydrogen) atoms. The molecule has 0 atom stereocenters. The van der Waals surface area contributed by atoms with Gasteiger partial charge in [0.2, 0.25) is 0 Å². The molecule has 0 saturated carbocycles. The van der Waals surface area contributed by atoms with Crippen LogP contribution in [0, 0.1) is 0 Å². The number of anilines is 1. The van der Waals surface area contributed by atoms with Gasteiger partial charge in [-0.25, -0.2) is 0 Å². The third-order valence-electron chi connectivity index (χ3n) is 3.83. The van der Waals surface area contributed by atoms with Gasteiger partial charge in [0.1, 0.15) is 0 Å². The van der Waals surface area contributed by atoms with Crippen LogP contribution >= 0.6 is 0 Å². The molecule has 3 aromatic rings. The molecule has 3 rings (SSSR count). The first kappa shape index (κ1) is 15.2. The highest BCUT2D eigenvalue weighted by molar-refractivity contribution is 5.93. The van der Waals surface area contributed by atoms with E-state index in [1.807, 2.05) is 19.1 Å². The third-order valence-corrected chi connectivity index (χ3v) is 3.83. The Bertz CT molecular complexity index is 793. The number of hydrogen-bond donors (Lipinski definition) is 1. The second-order valence-corrected chi connectivity index (χ2v) is 5.26. The summed E-state index contributed by atoms with van der Waals surface area (Å²) in [4.78, 5) is 0. The summed E-state index contributed by atoms with van der Waals surface area (Å²) in [5.74, 6) is 1.58. The van der Waals surface area contributed by atoms with Gasteiger partial charge in [-0.15, -0.1) is 0 Å². The molecule has 118 valence electrons. The van der Waals surface area contributed by atoms with Gasteiger partial charge in [-0.2, -0.15) is 0 Å². The van der Waals surface area contributed by atoms with Crippen LogP contribution in [0.5, 0.6) is 11.5 Å². The number of rotatable bonds is 6. The average molecular weight is 307 g/mol. The van der Waals surface area contributed by atoms with Crippen LogP contribution in [0.4, 0.5) is 5.69 Å². The Balaban J connectivity index is 1.88. The molecule has 3 aromatic carbocycles. The molecule has 1 N–H and O–H groups in total. The van der Waals surface area contributed by atoms with Gasteiger partial charge in [0.05, 0.1) is 13.7 Å². The van der Waals surface area contributed by atoms with E-state index in [0.29, 0.717) is 13.2 Å². The van der Waals surface area contributed by atoms with Gasteiger partial charge >= 0.3 is 0 Å². The highest BCUT2D eigenvalue weighted by Crippen LogP contribution is 2.32.